The average molecular weight is 357 g/mol. The number of hydrogen-bond donors (Lipinski definition) is 2. The van der Waals surface area contributed by atoms with Gasteiger partial charge in [-0.1, -0.05) is 6.07 Å². The van der Waals surface area contributed by atoms with Crippen LogP contribution in [-0.4, -0.2) is 33.3 Å². The van der Waals surface area contributed by atoms with Crippen molar-refractivity contribution in [3.05, 3.63) is 28.8 Å². The minimum atomic E-state index is -3.65. The van der Waals surface area contributed by atoms with Crippen molar-refractivity contribution >= 4 is 33.1 Å². The first kappa shape index (κ1) is 18.8. The number of thiophene rings is 1. The Bertz CT molecular complexity index is 741. The number of ether oxygens (including phenoxy) is 1. The number of nitrogens with zero attached hydrogens (tertiary/aromatic N) is 1. The molecule has 0 saturated heterocycles. The van der Waals surface area contributed by atoms with Gasteiger partial charge in [-0.2, -0.15) is 5.26 Å². The number of sulfonamides is 1. The van der Waals surface area contributed by atoms with E-state index >= 15 is 0 Å². The molecule has 1 aromatic heterocycles. The van der Waals surface area contributed by atoms with Gasteiger partial charge in [0.15, 0.2) is 6.61 Å². The standard InChI is InChI=1S/C13H15N3O5S2/c1-9(15)10(7-14)11(17)8-21-12(18)4-5-16-23(19,20)13-3-2-6-22-13/h2-3,6,16H,4-5,8,15H2,1H3/b10-9+. The molecule has 23 heavy (non-hydrogen) atoms. The van der Waals surface area contributed by atoms with Gasteiger partial charge in [0.2, 0.25) is 15.8 Å². The van der Waals surface area contributed by atoms with E-state index in [4.69, 9.17) is 11.0 Å². The highest BCUT2D eigenvalue weighted by molar-refractivity contribution is 7.91. The third-order valence-electron chi connectivity index (χ3n) is 2.53. The highest BCUT2D eigenvalue weighted by atomic mass is 32.2. The number of carbonyl (C=O) groups is 2. The van der Waals surface area contributed by atoms with E-state index in [2.05, 4.69) is 9.46 Å². The van der Waals surface area contributed by atoms with Crippen molar-refractivity contribution in [1.82, 2.24) is 4.72 Å². The third kappa shape index (κ3) is 5.82. The van der Waals surface area contributed by atoms with Gasteiger partial charge in [-0.3, -0.25) is 9.59 Å². The predicted octanol–water partition coefficient (Wildman–Crippen LogP) is 0.285. The van der Waals surface area contributed by atoms with Crippen molar-refractivity contribution in [1.29, 1.82) is 5.26 Å². The van der Waals surface area contributed by atoms with E-state index in [0.717, 1.165) is 11.3 Å². The zero-order chi connectivity index (χ0) is 17.5. The van der Waals surface area contributed by atoms with Crippen molar-refractivity contribution < 1.29 is 22.7 Å². The molecule has 0 aliphatic heterocycles. The van der Waals surface area contributed by atoms with Crippen LogP contribution in [0, 0.1) is 11.3 Å². The highest BCUT2D eigenvalue weighted by Crippen LogP contribution is 2.15. The Morgan fingerprint density at radius 3 is 2.70 bits per heavy atom. The first-order valence-corrected chi connectivity index (χ1v) is 8.72. The normalized spacial score (nSPS) is 12.2. The van der Waals surface area contributed by atoms with Gasteiger partial charge in [0.25, 0.3) is 0 Å². The largest absolute Gasteiger partial charge is 0.457 e. The number of nitriles is 1. The van der Waals surface area contributed by atoms with Crippen LogP contribution >= 0.6 is 11.3 Å². The summed E-state index contributed by atoms with van der Waals surface area (Å²) in [5.74, 6) is -1.47. The van der Waals surface area contributed by atoms with Crippen LogP contribution in [0.25, 0.3) is 0 Å². The van der Waals surface area contributed by atoms with Crippen LogP contribution in [0.5, 0.6) is 0 Å². The second kappa shape index (κ2) is 8.42. The van der Waals surface area contributed by atoms with Crippen LogP contribution in [-0.2, 0) is 24.3 Å². The lowest BCUT2D eigenvalue weighted by atomic mass is 10.1. The van der Waals surface area contributed by atoms with Crippen LogP contribution < -0.4 is 10.5 Å². The molecular formula is C13H15N3O5S2. The number of carbonyl (C=O) groups excluding carboxylic acids is 2. The second-order valence-corrected chi connectivity index (χ2v) is 7.28. The van der Waals surface area contributed by atoms with Crippen molar-refractivity contribution in [3.8, 4) is 6.07 Å². The fraction of sp³-hybridized carbons (Fsp3) is 0.308. The van der Waals surface area contributed by atoms with Gasteiger partial charge in [0, 0.05) is 12.2 Å². The molecule has 0 spiro atoms. The molecule has 1 heterocycles. The first-order chi connectivity index (χ1) is 10.8. The summed E-state index contributed by atoms with van der Waals surface area (Å²) in [4.78, 5) is 23.0. The molecule has 0 aliphatic carbocycles. The average Bonchev–Trinajstić information content (AvgIpc) is 3.00. The topological polar surface area (TPSA) is 139 Å². The molecule has 8 nitrogen and oxygen atoms in total. The Morgan fingerprint density at radius 1 is 1.48 bits per heavy atom. The van der Waals surface area contributed by atoms with E-state index in [1.54, 1.807) is 17.5 Å². The Labute approximate surface area is 137 Å². The van der Waals surface area contributed by atoms with E-state index in [9.17, 15) is 18.0 Å². The summed E-state index contributed by atoms with van der Waals surface area (Å²) in [5, 5.41) is 10.3. The summed E-state index contributed by atoms with van der Waals surface area (Å²) in [5.41, 5.74) is 5.12. The Kier molecular flexibility index (Phi) is 6.89. The van der Waals surface area contributed by atoms with Crippen LogP contribution in [0.3, 0.4) is 0 Å². The quantitative estimate of drug-likeness (QED) is 0.387. The zero-order valence-electron chi connectivity index (χ0n) is 12.2. The smallest absolute Gasteiger partial charge is 0.307 e. The fourth-order valence-corrected chi connectivity index (χ4v) is 3.51. The summed E-state index contributed by atoms with van der Waals surface area (Å²) in [6.07, 6.45) is -0.245. The monoisotopic (exact) mass is 357 g/mol. The van der Waals surface area contributed by atoms with Crippen molar-refractivity contribution in [2.75, 3.05) is 13.2 Å². The number of esters is 1. The summed E-state index contributed by atoms with van der Waals surface area (Å²) < 4.78 is 30.6. The minimum Gasteiger partial charge on any atom is -0.457 e. The molecular weight excluding hydrogens is 342 g/mol. The molecule has 124 valence electrons. The molecule has 0 radical (unpaired) electrons. The minimum absolute atomic E-state index is 0.0391. The lowest BCUT2D eigenvalue weighted by molar-refractivity contribution is -0.146. The first-order valence-electron chi connectivity index (χ1n) is 6.36. The number of ketones is 1. The number of rotatable bonds is 8. The number of nitrogens with one attached hydrogen (secondary N) is 1. The molecule has 0 fully saturated rings. The van der Waals surface area contributed by atoms with E-state index in [1.165, 1.54) is 13.0 Å². The Hall–Kier alpha value is -2.22. The van der Waals surface area contributed by atoms with Gasteiger partial charge in [0.1, 0.15) is 15.9 Å². The molecule has 0 aliphatic rings. The van der Waals surface area contributed by atoms with Gasteiger partial charge in [-0.05, 0) is 18.4 Å². The Morgan fingerprint density at radius 2 is 2.17 bits per heavy atom. The zero-order valence-corrected chi connectivity index (χ0v) is 13.9. The molecule has 0 amide bonds. The van der Waals surface area contributed by atoms with Crippen LogP contribution in [0.1, 0.15) is 13.3 Å². The number of hydrogen-bond acceptors (Lipinski definition) is 8. The van der Waals surface area contributed by atoms with Gasteiger partial charge in [-0.25, -0.2) is 13.1 Å². The molecule has 1 aromatic rings. The van der Waals surface area contributed by atoms with E-state index < -0.39 is 28.4 Å². The van der Waals surface area contributed by atoms with Crippen molar-refractivity contribution in [3.63, 3.8) is 0 Å². The van der Waals surface area contributed by atoms with Gasteiger partial charge in [0.05, 0.1) is 6.42 Å². The summed E-state index contributed by atoms with van der Waals surface area (Å²) in [7, 11) is -3.65. The van der Waals surface area contributed by atoms with Crippen molar-refractivity contribution in [2.24, 2.45) is 5.73 Å². The maximum absolute atomic E-state index is 11.8. The predicted molar refractivity (Wildman–Crippen MR) is 82.6 cm³/mol. The van der Waals surface area contributed by atoms with E-state index in [-0.39, 0.29) is 28.4 Å². The molecule has 3 N–H and O–H groups in total. The lowest BCUT2D eigenvalue weighted by Gasteiger charge is -2.06. The molecule has 0 aromatic carbocycles. The molecule has 0 bridgehead atoms. The molecule has 1 rings (SSSR count). The molecule has 10 heteroatoms. The van der Waals surface area contributed by atoms with Crippen LogP contribution in [0.15, 0.2) is 33.0 Å². The number of Topliss-reactive ketones (excluding diaryl/α,β-unsaturated/α-hetero) is 1. The summed E-state index contributed by atoms with van der Waals surface area (Å²) in [6, 6.07) is 4.66. The Balaban J connectivity index is 2.40. The van der Waals surface area contributed by atoms with E-state index in [0.29, 0.717) is 0 Å². The van der Waals surface area contributed by atoms with Crippen molar-refractivity contribution in [2.45, 2.75) is 17.6 Å². The maximum atomic E-state index is 11.8. The fourth-order valence-electron chi connectivity index (χ4n) is 1.44. The maximum Gasteiger partial charge on any atom is 0.307 e. The highest BCUT2D eigenvalue weighted by Gasteiger charge is 2.17. The second-order valence-electron chi connectivity index (χ2n) is 4.33. The number of nitrogens with two attached hydrogens (primary N) is 1. The van der Waals surface area contributed by atoms with E-state index in [1.807, 2.05) is 0 Å². The van der Waals surface area contributed by atoms with Crippen LogP contribution in [0.2, 0.25) is 0 Å². The number of allylic oxidation sites excluding steroid dienone is 1. The molecule has 0 saturated carbocycles. The third-order valence-corrected chi connectivity index (χ3v) is 5.39. The SMILES string of the molecule is C/C(N)=C(/C#N)C(=O)COC(=O)CCNS(=O)(=O)c1cccs1. The molecule has 0 unspecified atom stereocenters. The van der Waals surface area contributed by atoms with Crippen LogP contribution in [0.4, 0.5) is 0 Å². The van der Waals surface area contributed by atoms with Gasteiger partial charge < -0.3 is 10.5 Å². The van der Waals surface area contributed by atoms with Gasteiger partial charge >= 0.3 is 5.97 Å². The van der Waals surface area contributed by atoms with Gasteiger partial charge in [-0.15, -0.1) is 11.3 Å². The summed E-state index contributed by atoms with van der Waals surface area (Å²) >= 11 is 1.05. The summed E-state index contributed by atoms with van der Waals surface area (Å²) in [6.45, 7) is 0.607. The lowest BCUT2D eigenvalue weighted by Crippen LogP contribution is -2.27. The molecule has 0 atom stereocenters.